The van der Waals surface area contributed by atoms with Crippen LogP contribution in [0, 0.1) is 3.57 Å². The van der Waals surface area contributed by atoms with Gasteiger partial charge in [0.15, 0.2) is 0 Å². The van der Waals surface area contributed by atoms with Crippen LogP contribution in [-0.4, -0.2) is 15.0 Å². The first-order valence-corrected chi connectivity index (χ1v) is 7.84. The first kappa shape index (κ1) is 14.9. The van der Waals surface area contributed by atoms with Gasteiger partial charge in [0.2, 0.25) is 0 Å². The lowest BCUT2D eigenvalue weighted by Crippen LogP contribution is -2.31. The van der Waals surface area contributed by atoms with Crippen LogP contribution in [0.5, 0.6) is 0 Å². The topological polar surface area (TPSA) is 68.8 Å². The molecule has 1 unspecified atom stereocenters. The molecule has 2 rings (SSSR count). The Morgan fingerprint density at radius 2 is 2.32 bits per heavy atom. The first-order chi connectivity index (χ1) is 9.17. The lowest BCUT2D eigenvalue weighted by molar-refractivity contribution is 0.511. The molecule has 0 saturated carbocycles. The van der Waals surface area contributed by atoms with Gasteiger partial charge in [-0.2, -0.15) is 0 Å². The van der Waals surface area contributed by atoms with Crippen molar-refractivity contribution in [1.29, 1.82) is 0 Å². The summed E-state index contributed by atoms with van der Waals surface area (Å²) in [6.07, 6.45) is 2.76. The van der Waals surface area contributed by atoms with E-state index in [4.69, 9.17) is 5.84 Å². The number of aryl methyl sites for hydroxylation is 1. The lowest BCUT2D eigenvalue weighted by Gasteiger charge is -2.19. The number of rotatable bonds is 5. The smallest absolute Gasteiger partial charge is 0.0905 e. The van der Waals surface area contributed by atoms with Crippen molar-refractivity contribution in [2.24, 2.45) is 5.84 Å². The van der Waals surface area contributed by atoms with Gasteiger partial charge in [0.05, 0.1) is 17.9 Å². The highest BCUT2D eigenvalue weighted by Gasteiger charge is 2.20. The molecule has 19 heavy (non-hydrogen) atoms. The zero-order chi connectivity index (χ0) is 13.8. The summed E-state index contributed by atoms with van der Waals surface area (Å²) < 4.78 is 4.06. The third-order valence-electron chi connectivity index (χ3n) is 2.81. The van der Waals surface area contributed by atoms with Gasteiger partial charge in [-0.05, 0) is 52.8 Å². The number of hydrogen-bond acceptors (Lipinski definition) is 4. The molecule has 1 atom stereocenters. The highest BCUT2D eigenvalue weighted by molar-refractivity contribution is 14.1. The lowest BCUT2D eigenvalue weighted by atomic mass is 10.0. The van der Waals surface area contributed by atoms with Gasteiger partial charge >= 0.3 is 0 Å². The predicted molar refractivity (Wildman–Crippen MR) is 86.3 cm³/mol. The summed E-state index contributed by atoms with van der Waals surface area (Å²) in [6, 6.07) is 6.03. The molecule has 2 aromatic rings. The van der Waals surface area contributed by atoms with E-state index < -0.39 is 0 Å². The van der Waals surface area contributed by atoms with Crippen LogP contribution >= 0.6 is 38.5 Å². The Balaban J connectivity index is 2.44. The minimum atomic E-state index is -0.134. The number of nitrogens with one attached hydrogen (secondary N) is 1. The summed E-state index contributed by atoms with van der Waals surface area (Å²) >= 11 is 5.86. The third kappa shape index (κ3) is 3.33. The molecule has 7 heteroatoms. The number of nitrogens with zero attached hydrogens (tertiary/aromatic N) is 3. The Morgan fingerprint density at radius 3 is 3.00 bits per heavy atom. The maximum Gasteiger partial charge on any atom is 0.0905 e. The number of benzene rings is 1. The fourth-order valence-corrected chi connectivity index (χ4v) is 2.94. The van der Waals surface area contributed by atoms with E-state index in [9.17, 15) is 0 Å². The Hall–Kier alpha value is -0.510. The molecule has 0 bridgehead atoms. The fourth-order valence-electron chi connectivity index (χ4n) is 1.95. The minimum absolute atomic E-state index is 0.134. The van der Waals surface area contributed by atoms with Crippen molar-refractivity contribution in [2.45, 2.75) is 25.9 Å². The van der Waals surface area contributed by atoms with Crippen LogP contribution in [0.4, 0.5) is 0 Å². The molecule has 102 valence electrons. The highest BCUT2D eigenvalue weighted by Crippen LogP contribution is 2.29. The molecule has 5 nitrogen and oxygen atoms in total. The van der Waals surface area contributed by atoms with E-state index in [0.717, 1.165) is 32.3 Å². The van der Waals surface area contributed by atoms with Gasteiger partial charge < -0.3 is 0 Å². The number of halogens is 2. The van der Waals surface area contributed by atoms with Crippen molar-refractivity contribution >= 4 is 38.5 Å². The SMILES string of the molecule is CCCn1nncc1C(NN)c1cc(I)ccc1Br. The Kier molecular flexibility index (Phi) is 5.31. The molecular weight excluding hydrogens is 421 g/mol. The molecule has 3 N–H and O–H groups in total. The summed E-state index contributed by atoms with van der Waals surface area (Å²) in [7, 11) is 0. The summed E-state index contributed by atoms with van der Waals surface area (Å²) in [6.45, 7) is 2.94. The van der Waals surface area contributed by atoms with E-state index in [1.165, 1.54) is 0 Å². The maximum absolute atomic E-state index is 5.74. The van der Waals surface area contributed by atoms with Gasteiger partial charge in [-0.1, -0.05) is 28.1 Å². The van der Waals surface area contributed by atoms with Crippen LogP contribution < -0.4 is 11.3 Å². The average molecular weight is 436 g/mol. The van der Waals surface area contributed by atoms with E-state index in [0.29, 0.717) is 0 Å². The Bertz CT molecular complexity index is 557. The van der Waals surface area contributed by atoms with E-state index >= 15 is 0 Å². The van der Waals surface area contributed by atoms with E-state index in [1.54, 1.807) is 6.20 Å². The van der Waals surface area contributed by atoms with Crippen LogP contribution in [0.3, 0.4) is 0 Å². The van der Waals surface area contributed by atoms with Crippen molar-refractivity contribution in [3.8, 4) is 0 Å². The Labute approximate surface area is 134 Å². The normalized spacial score (nSPS) is 12.6. The van der Waals surface area contributed by atoms with E-state index in [1.807, 2.05) is 16.8 Å². The Morgan fingerprint density at radius 1 is 1.53 bits per heavy atom. The molecule has 1 aromatic carbocycles. The standard InChI is InChI=1S/C12H15BrIN5/c1-2-5-19-11(7-16-18-19)12(17-15)9-6-8(14)3-4-10(9)13/h3-4,6-7,12,17H,2,5,15H2,1H3. The number of hydrogen-bond donors (Lipinski definition) is 2. The second kappa shape index (κ2) is 6.78. The summed E-state index contributed by atoms with van der Waals surface area (Å²) in [5.74, 6) is 5.74. The van der Waals surface area contributed by atoms with Crippen molar-refractivity contribution in [2.75, 3.05) is 0 Å². The number of nitrogens with two attached hydrogens (primary N) is 1. The van der Waals surface area contributed by atoms with Gasteiger partial charge in [0.1, 0.15) is 0 Å². The molecule has 0 aliphatic rings. The van der Waals surface area contributed by atoms with Gasteiger partial charge in [0, 0.05) is 14.6 Å². The molecule has 0 fully saturated rings. The average Bonchev–Trinajstić information content (AvgIpc) is 2.83. The van der Waals surface area contributed by atoms with E-state index in [2.05, 4.69) is 67.2 Å². The van der Waals surface area contributed by atoms with Gasteiger partial charge in [-0.3, -0.25) is 5.84 Å². The zero-order valence-electron chi connectivity index (χ0n) is 10.5. The fraction of sp³-hybridized carbons (Fsp3) is 0.333. The quantitative estimate of drug-likeness (QED) is 0.430. The second-order valence-corrected chi connectivity index (χ2v) is 6.25. The van der Waals surface area contributed by atoms with Gasteiger partial charge in [-0.25, -0.2) is 10.1 Å². The molecular formula is C12H15BrIN5. The molecule has 1 heterocycles. The monoisotopic (exact) mass is 435 g/mol. The largest absolute Gasteiger partial charge is 0.271 e. The van der Waals surface area contributed by atoms with Crippen molar-refractivity contribution < 1.29 is 0 Å². The third-order valence-corrected chi connectivity index (χ3v) is 4.21. The number of hydrazine groups is 1. The van der Waals surface area contributed by atoms with Crippen molar-refractivity contribution in [3.63, 3.8) is 0 Å². The predicted octanol–water partition coefficient (Wildman–Crippen LogP) is 2.61. The first-order valence-electron chi connectivity index (χ1n) is 5.96. The molecule has 0 saturated heterocycles. The minimum Gasteiger partial charge on any atom is -0.271 e. The molecule has 0 aliphatic carbocycles. The summed E-state index contributed by atoms with van der Waals surface area (Å²) in [5.41, 5.74) is 4.90. The number of aromatic nitrogens is 3. The van der Waals surface area contributed by atoms with Crippen LogP contribution in [-0.2, 0) is 6.54 Å². The van der Waals surface area contributed by atoms with Crippen LogP contribution in [0.2, 0.25) is 0 Å². The van der Waals surface area contributed by atoms with Crippen molar-refractivity contribution in [3.05, 3.63) is 43.7 Å². The second-order valence-electron chi connectivity index (χ2n) is 4.15. The van der Waals surface area contributed by atoms with Crippen LogP contribution in [0.15, 0.2) is 28.9 Å². The van der Waals surface area contributed by atoms with Gasteiger partial charge in [0.25, 0.3) is 0 Å². The summed E-state index contributed by atoms with van der Waals surface area (Å²) in [4.78, 5) is 0. The van der Waals surface area contributed by atoms with Crippen LogP contribution in [0.25, 0.3) is 0 Å². The molecule has 0 spiro atoms. The van der Waals surface area contributed by atoms with E-state index in [-0.39, 0.29) is 6.04 Å². The molecule has 0 amide bonds. The van der Waals surface area contributed by atoms with Gasteiger partial charge in [-0.15, -0.1) is 5.10 Å². The highest BCUT2D eigenvalue weighted by atomic mass is 127. The maximum atomic E-state index is 5.74. The van der Waals surface area contributed by atoms with Crippen molar-refractivity contribution in [1.82, 2.24) is 20.4 Å². The van der Waals surface area contributed by atoms with Crippen LogP contribution in [0.1, 0.15) is 30.6 Å². The molecule has 0 radical (unpaired) electrons. The molecule has 1 aromatic heterocycles. The zero-order valence-corrected chi connectivity index (χ0v) is 14.2. The summed E-state index contributed by atoms with van der Waals surface area (Å²) in [5, 5.41) is 8.09. The molecule has 0 aliphatic heterocycles.